The largest absolute Gasteiger partial charge is 0.507 e. The summed E-state index contributed by atoms with van der Waals surface area (Å²) in [7, 11) is 0. The standard InChI is InChI=1S/C19H12ClN3O2/c20-14-3-5-17(24)13(8-14)11-22-15-4-6-18-16(9-15)23-19(25-18)12-2-1-7-21-10-12/h1-11,24H. The minimum absolute atomic E-state index is 0.120. The number of phenols is 1. The van der Waals surface area contributed by atoms with E-state index < -0.39 is 0 Å². The van der Waals surface area contributed by atoms with Crippen LogP contribution in [0.1, 0.15) is 5.56 Å². The van der Waals surface area contributed by atoms with E-state index in [-0.39, 0.29) is 5.75 Å². The van der Waals surface area contributed by atoms with Crippen LogP contribution in [-0.2, 0) is 0 Å². The number of hydrogen-bond acceptors (Lipinski definition) is 5. The molecule has 0 spiro atoms. The fourth-order valence-corrected chi connectivity index (χ4v) is 2.56. The van der Waals surface area contributed by atoms with Gasteiger partial charge in [-0.25, -0.2) is 4.98 Å². The molecule has 25 heavy (non-hydrogen) atoms. The van der Waals surface area contributed by atoms with E-state index in [2.05, 4.69) is 15.0 Å². The second kappa shape index (κ2) is 6.37. The topological polar surface area (TPSA) is 71.5 Å². The molecular weight excluding hydrogens is 338 g/mol. The highest BCUT2D eigenvalue weighted by atomic mass is 35.5. The number of pyridine rings is 1. The minimum atomic E-state index is 0.120. The normalized spacial score (nSPS) is 11.4. The molecule has 1 N–H and O–H groups in total. The molecular formula is C19H12ClN3O2. The average Bonchev–Trinajstić information content (AvgIpc) is 3.06. The number of nitrogens with zero attached hydrogens (tertiary/aromatic N) is 3. The third-order valence-electron chi connectivity index (χ3n) is 3.62. The van der Waals surface area contributed by atoms with Crippen molar-refractivity contribution in [2.45, 2.75) is 0 Å². The van der Waals surface area contributed by atoms with E-state index in [0.29, 0.717) is 33.3 Å². The molecule has 0 radical (unpaired) electrons. The second-order valence-electron chi connectivity index (χ2n) is 5.37. The maximum Gasteiger partial charge on any atom is 0.228 e. The molecule has 0 aliphatic rings. The number of aliphatic imine (C=N–C) groups is 1. The van der Waals surface area contributed by atoms with Crippen molar-refractivity contribution in [2.24, 2.45) is 4.99 Å². The fourth-order valence-electron chi connectivity index (χ4n) is 2.38. The zero-order chi connectivity index (χ0) is 17.2. The average molecular weight is 350 g/mol. The lowest BCUT2D eigenvalue weighted by molar-refractivity contribution is 0.474. The first-order valence-corrected chi connectivity index (χ1v) is 7.90. The molecule has 6 heteroatoms. The summed E-state index contributed by atoms with van der Waals surface area (Å²) < 4.78 is 5.75. The lowest BCUT2D eigenvalue weighted by Crippen LogP contribution is -1.82. The van der Waals surface area contributed by atoms with Gasteiger partial charge in [0.05, 0.1) is 11.3 Å². The van der Waals surface area contributed by atoms with Crippen LogP contribution in [0.4, 0.5) is 5.69 Å². The summed E-state index contributed by atoms with van der Waals surface area (Å²) in [5.74, 6) is 0.631. The molecule has 0 fully saturated rings. The van der Waals surface area contributed by atoms with Crippen LogP contribution >= 0.6 is 11.6 Å². The van der Waals surface area contributed by atoms with E-state index in [1.165, 1.54) is 6.07 Å². The summed E-state index contributed by atoms with van der Waals surface area (Å²) in [6.45, 7) is 0. The number of aromatic nitrogens is 2. The first kappa shape index (κ1) is 15.4. The predicted molar refractivity (Wildman–Crippen MR) is 97.6 cm³/mol. The van der Waals surface area contributed by atoms with Crippen LogP contribution < -0.4 is 0 Å². The number of benzene rings is 2. The Morgan fingerprint density at radius 2 is 2.04 bits per heavy atom. The molecule has 2 aromatic carbocycles. The van der Waals surface area contributed by atoms with Crippen LogP contribution in [0.2, 0.25) is 5.02 Å². The van der Waals surface area contributed by atoms with Gasteiger partial charge in [0.15, 0.2) is 5.58 Å². The lowest BCUT2D eigenvalue weighted by atomic mass is 10.2. The maximum atomic E-state index is 9.83. The molecule has 2 aromatic heterocycles. The molecule has 0 unspecified atom stereocenters. The molecule has 0 aliphatic heterocycles. The van der Waals surface area contributed by atoms with E-state index in [9.17, 15) is 5.11 Å². The van der Waals surface area contributed by atoms with Crippen LogP contribution in [0, 0.1) is 0 Å². The highest BCUT2D eigenvalue weighted by Gasteiger charge is 2.08. The quantitative estimate of drug-likeness (QED) is 0.528. The van der Waals surface area contributed by atoms with Gasteiger partial charge in [-0.1, -0.05) is 11.6 Å². The SMILES string of the molecule is Oc1ccc(Cl)cc1C=Nc1ccc2oc(-c3cccnc3)nc2c1. The third-order valence-corrected chi connectivity index (χ3v) is 3.86. The van der Waals surface area contributed by atoms with Crippen LogP contribution in [0.5, 0.6) is 5.75 Å². The smallest absolute Gasteiger partial charge is 0.228 e. The van der Waals surface area contributed by atoms with Crippen LogP contribution in [0.25, 0.3) is 22.6 Å². The molecule has 0 atom stereocenters. The Bertz CT molecular complexity index is 1070. The van der Waals surface area contributed by atoms with Crippen molar-refractivity contribution in [3.63, 3.8) is 0 Å². The van der Waals surface area contributed by atoms with Gasteiger partial charge in [-0.05, 0) is 48.5 Å². The number of halogens is 1. The maximum absolute atomic E-state index is 9.83. The number of phenolic OH excluding ortho intramolecular Hbond substituents is 1. The minimum Gasteiger partial charge on any atom is -0.507 e. The highest BCUT2D eigenvalue weighted by Crippen LogP contribution is 2.27. The second-order valence-corrected chi connectivity index (χ2v) is 5.81. The number of oxazole rings is 1. The Hall–Kier alpha value is -3.18. The van der Waals surface area contributed by atoms with Crippen molar-refractivity contribution in [3.8, 4) is 17.2 Å². The van der Waals surface area contributed by atoms with Crippen LogP contribution in [0.15, 0.2) is 70.3 Å². The van der Waals surface area contributed by atoms with Gasteiger partial charge in [-0.3, -0.25) is 9.98 Å². The summed E-state index contributed by atoms with van der Waals surface area (Å²) in [5.41, 5.74) is 3.42. The van der Waals surface area contributed by atoms with Crippen molar-refractivity contribution >= 4 is 34.6 Å². The van der Waals surface area contributed by atoms with Gasteiger partial charge in [-0.2, -0.15) is 0 Å². The molecule has 5 nitrogen and oxygen atoms in total. The van der Waals surface area contributed by atoms with E-state index in [1.807, 2.05) is 30.3 Å². The number of aromatic hydroxyl groups is 1. The molecule has 0 aliphatic carbocycles. The molecule has 0 bridgehead atoms. The molecule has 4 aromatic rings. The third kappa shape index (κ3) is 3.22. The van der Waals surface area contributed by atoms with Crippen molar-refractivity contribution in [1.82, 2.24) is 9.97 Å². The van der Waals surface area contributed by atoms with Crippen LogP contribution in [-0.4, -0.2) is 21.3 Å². The van der Waals surface area contributed by atoms with Gasteiger partial charge < -0.3 is 9.52 Å². The zero-order valence-electron chi connectivity index (χ0n) is 12.9. The van der Waals surface area contributed by atoms with Crippen molar-refractivity contribution < 1.29 is 9.52 Å². The predicted octanol–water partition coefficient (Wildman–Crippen LogP) is 5.00. The summed E-state index contributed by atoms with van der Waals surface area (Å²) in [6, 6.07) is 14.0. The lowest BCUT2D eigenvalue weighted by Gasteiger charge is -1.99. The van der Waals surface area contributed by atoms with Gasteiger partial charge in [0.1, 0.15) is 11.3 Å². The van der Waals surface area contributed by atoms with Gasteiger partial charge in [0.25, 0.3) is 0 Å². The summed E-state index contributed by atoms with van der Waals surface area (Å²) in [6.07, 6.45) is 4.96. The first-order valence-electron chi connectivity index (χ1n) is 7.53. The Kier molecular flexibility index (Phi) is 3.91. The Balaban J connectivity index is 1.67. The number of hydrogen-bond donors (Lipinski definition) is 1. The van der Waals surface area contributed by atoms with E-state index in [0.717, 1.165) is 5.56 Å². The van der Waals surface area contributed by atoms with Gasteiger partial charge >= 0.3 is 0 Å². The summed E-state index contributed by atoms with van der Waals surface area (Å²) >= 11 is 5.94. The molecule has 2 heterocycles. The van der Waals surface area contributed by atoms with Crippen LogP contribution in [0.3, 0.4) is 0 Å². The van der Waals surface area contributed by atoms with E-state index in [1.54, 1.807) is 30.7 Å². The van der Waals surface area contributed by atoms with Crippen molar-refractivity contribution in [1.29, 1.82) is 0 Å². The highest BCUT2D eigenvalue weighted by molar-refractivity contribution is 6.30. The number of rotatable bonds is 3. The summed E-state index contributed by atoms with van der Waals surface area (Å²) in [5, 5.41) is 10.4. The van der Waals surface area contributed by atoms with Gasteiger partial charge in [-0.15, -0.1) is 0 Å². The molecule has 0 saturated heterocycles. The van der Waals surface area contributed by atoms with E-state index in [4.69, 9.17) is 16.0 Å². The fraction of sp³-hybridized carbons (Fsp3) is 0. The molecule has 0 saturated carbocycles. The Labute approximate surface area is 148 Å². The van der Waals surface area contributed by atoms with Gasteiger partial charge in [0.2, 0.25) is 5.89 Å². The summed E-state index contributed by atoms with van der Waals surface area (Å²) in [4.78, 5) is 12.9. The molecule has 4 rings (SSSR count). The Morgan fingerprint density at radius 1 is 1.12 bits per heavy atom. The zero-order valence-corrected chi connectivity index (χ0v) is 13.7. The molecule has 0 amide bonds. The van der Waals surface area contributed by atoms with E-state index >= 15 is 0 Å². The number of fused-ring (bicyclic) bond motifs is 1. The molecule has 122 valence electrons. The van der Waals surface area contributed by atoms with Crippen molar-refractivity contribution in [2.75, 3.05) is 0 Å². The van der Waals surface area contributed by atoms with Gasteiger partial charge in [0, 0.05) is 29.2 Å². The monoisotopic (exact) mass is 349 g/mol. The van der Waals surface area contributed by atoms with Crippen molar-refractivity contribution in [3.05, 3.63) is 71.5 Å². The Morgan fingerprint density at radius 3 is 2.88 bits per heavy atom. The first-order chi connectivity index (χ1) is 12.2.